The Kier molecular flexibility index (Phi) is 5.35. The Hall–Kier alpha value is -2.80. The van der Waals surface area contributed by atoms with Gasteiger partial charge < -0.3 is 19.5 Å². The maximum atomic E-state index is 12.0. The molecule has 2 heterocycles. The Morgan fingerprint density at radius 2 is 2.00 bits per heavy atom. The molecule has 0 aliphatic carbocycles. The highest BCUT2D eigenvalue weighted by Gasteiger charge is 2.15. The Morgan fingerprint density at radius 3 is 2.80 bits per heavy atom. The average Bonchev–Trinajstić information content (AvgIpc) is 2.85. The van der Waals surface area contributed by atoms with Crippen LogP contribution in [0.1, 0.15) is 16.8 Å². The molecule has 0 radical (unpaired) electrons. The normalized spacial score (nSPS) is 12.8. The van der Waals surface area contributed by atoms with Crippen molar-refractivity contribution in [2.75, 3.05) is 25.1 Å². The van der Waals surface area contributed by atoms with Gasteiger partial charge in [-0.2, -0.15) is 0 Å². The Bertz CT molecular complexity index is 796. The van der Waals surface area contributed by atoms with Crippen LogP contribution in [0.15, 0.2) is 36.5 Å². The minimum Gasteiger partial charge on any atom is -0.490 e. The lowest BCUT2D eigenvalue weighted by Crippen LogP contribution is -2.21. The number of esters is 1. The van der Waals surface area contributed by atoms with E-state index in [1.54, 1.807) is 24.3 Å². The Labute approximate surface area is 148 Å². The van der Waals surface area contributed by atoms with Gasteiger partial charge >= 0.3 is 5.97 Å². The van der Waals surface area contributed by atoms with Crippen molar-refractivity contribution in [3.05, 3.63) is 47.2 Å². The van der Waals surface area contributed by atoms with E-state index in [0.29, 0.717) is 30.4 Å². The number of pyridine rings is 1. The Balaban J connectivity index is 1.57. The summed E-state index contributed by atoms with van der Waals surface area (Å²) in [7, 11) is 0. The fraction of sp³-hybridized carbons (Fsp3) is 0.235. The molecule has 25 heavy (non-hydrogen) atoms. The summed E-state index contributed by atoms with van der Waals surface area (Å²) < 4.78 is 16.0. The van der Waals surface area contributed by atoms with E-state index in [-0.39, 0.29) is 10.7 Å². The van der Waals surface area contributed by atoms with Crippen molar-refractivity contribution in [3.63, 3.8) is 0 Å². The first-order valence-electron chi connectivity index (χ1n) is 7.60. The summed E-state index contributed by atoms with van der Waals surface area (Å²) in [4.78, 5) is 27.6. The fourth-order valence-corrected chi connectivity index (χ4v) is 2.38. The summed E-state index contributed by atoms with van der Waals surface area (Å²) in [6.45, 7) is 0.692. The molecule has 0 bridgehead atoms. The molecule has 0 atom stereocenters. The van der Waals surface area contributed by atoms with E-state index in [9.17, 15) is 9.59 Å². The third-order valence-electron chi connectivity index (χ3n) is 3.34. The van der Waals surface area contributed by atoms with Gasteiger partial charge in [-0.3, -0.25) is 4.79 Å². The molecular weight excluding hydrogens is 348 g/mol. The number of anilines is 1. The van der Waals surface area contributed by atoms with Crippen molar-refractivity contribution in [2.45, 2.75) is 6.42 Å². The number of fused-ring (bicyclic) bond motifs is 1. The number of halogens is 1. The number of amides is 1. The van der Waals surface area contributed by atoms with Crippen LogP contribution in [0.3, 0.4) is 0 Å². The van der Waals surface area contributed by atoms with Crippen LogP contribution < -0.4 is 14.8 Å². The molecule has 1 aliphatic rings. The highest BCUT2D eigenvalue weighted by molar-refractivity contribution is 6.32. The Morgan fingerprint density at radius 1 is 1.20 bits per heavy atom. The van der Waals surface area contributed by atoms with Gasteiger partial charge in [-0.15, -0.1) is 0 Å². The number of nitrogens with one attached hydrogen (secondary N) is 1. The van der Waals surface area contributed by atoms with Crippen molar-refractivity contribution in [3.8, 4) is 11.5 Å². The molecule has 0 fully saturated rings. The number of nitrogens with zero attached hydrogens (tertiary/aromatic N) is 1. The zero-order valence-corrected chi connectivity index (χ0v) is 13.9. The highest BCUT2D eigenvalue weighted by Crippen LogP contribution is 2.32. The molecular formula is C17H15ClN2O5. The molecule has 0 unspecified atom stereocenters. The second-order valence-electron chi connectivity index (χ2n) is 5.18. The van der Waals surface area contributed by atoms with Crippen molar-refractivity contribution in [1.82, 2.24) is 4.98 Å². The highest BCUT2D eigenvalue weighted by atomic mass is 35.5. The van der Waals surface area contributed by atoms with E-state index in [4.69, 9.17) is 25.8 Å². The summed E-state index contributed by atoms with van der Waals surface area (Å²) in [6, 6.07) is 8.10. The maximum Gasteiger partial charge on any atom is 0.341 e. The van der Waals surface area contributed by atoms with E-state index < -0.39 is 18.5 Å². The molecule has 8 heteroatoms. The summed E-state index contributed by atoms with van der Waals surface area (Å²) >= 11 is 5.81. The predicted molar refractivity (Wildman–Crippen MR) is 90.2 cm³/mol. The minimum absolute atomic E-state index is 0.0239. The first kappa shape index (κ1) is 17.0. The minimum atomic E-state index is -0.716. The van der Waals surface area contributed by atoms with Crippen LogP contribution in [-0.2, 0) is 9.53 Å². The summed E-state index contributed by atoms with van der Waals surface area (Å²) in [6.07, 6.45) is 2.25. The van der Waals surface area contributed by atoms with Crippen LogP contribution in [0.5, 0.6) is 11.5 Å². The lowest BCUT2D eigenvalue weighted by Gasteiger charge is -2.10. The number of hydrogen-bond donors (Lipinski definition) is 1. The quantitative estimate of drug-likeness (QED) is 0.664. The van der Waals surface area contributed by atoms with Gasteiger partial charge in [-0.25, -0.2) is 9.78 Å². The zero-order chi connectivity index (χ0) is 17.6. The molecule has 0 spiro atoms. The van der Waals surface area contributed by atoms with Gasteiger partial charge in [0.1, 0.15) is 5.15 Å². The number of carbonyl (C=O) groups is 2. The topological polar surface area (TPSA) is 86.8 Å². The van der Waals surface area contributed by atoms with Crippen molar-refractivity contribution >= 4 is 29.2 Å². The van der Waals surface area contributed by atoms with Crippen LogP contribution in [0, 0.1) is 0 Å². The lowest BCUT2D eigenvalue weighted by atomic mass is 10.2. The van der Waals surface area contributed by atoms with Gasteiger partial charge in [-0.05, 0) is 24.3 Å². The fourth-order valence-electron chi connectivity index (χ4n) is 2.19. The standard InChI is InChI=1S/C17H15ClN2O5/c18-16-12(3-1-6-19-16)17(22)25-10-15(21)20-11-4-5-13-14(9-11)24-8-2-7-23-13/h1,3-6,9H,2,7-8,10H2,(H,20,21). The van der Waals surface area contributed by atoms with Crippen molar-refractivity contribution in [1.29, 1.82) is 0 Å². The largest absolute Gasteiger partial charge is 0.490 e. The van der Waals surface area contributed by atoms with Gasteiger partial charge in [0.15, 0.2) is 18.1 Å². The summed E-state index contributed by atoms with van der Waals surface area (Å²) in [5.41, 5.74) is 0.622. The number of aromatic nitrogens is 1. The molecule has 1 aromatic heterocycles. The number of rotatable bonds is 4. The van der Waals surface area contributed by atoms with Crippen LogP contribution in [0.4, 0.5) is 5.69 Å². The van der Waals surface area contributed by atoms with Crippen molar-refractivity contribution < 1.29 is 23.8 Å². The maximum absolute atomic E-state index is 12.0. The lowest BCUT2D eigenvalue weighted by molar-refractivity contribution is -0.119. The monoisotopic (exact) mass is 362 g/mol. The molecule has 130 valence electrons. The molecule has 7 nitrogen and oxygen atoms in total. The van der Waals surface area contributed by atoms with Crippen LogP contribution in [-0.4, -0.2) is 36.7 Å². The predicted octanol–water partition coefficient (Wildman–Crippen LogP) is 2.69. The van der Waals surface area contributed by atoms with Gasteiger partial charge in [0.05, 0.1) is 18.8 Å². The molecule has 1 aromatic carbocycles. The molecule has 3 rings (SSSR count). The molecule has 0 saturated carbocycles. The van der Waals surface area contributed by atoms with E-state index in [1.807, 2.05) is 0 Å². The molecule has 1 aliphatic heterocycles. The average molecular weight is 363 g/mol. The number of ether oxygens (including phenoxy) is 3. The smallest absolute Gasteiger partial charge is 0.341 e. The third-order valence-corrected chi connectivity index (χ3v) is 3.65. The van der Waals surface area contributed by atoms with E-state index in [2.05, 4.69) is 10.3 Å². The second-order valence-corrected chi connectivity index (χ2v) is 5.54. The van der Waals surface area contributed by atoms with Gasteiger partial charge in [-0.1, -0.05) is 11.6 Å². The molecule has 2 aromatic rings. The number of benzene rings is 1. The van der Waals surface area contributed by atoms with Crippen molar-refractivity contribution in [2.24, 2.45) is 0 Å². The van der Waals surface area contributed by atoms with E-state index in [0.717, 1.165) is 6.42 Å². The summed E-state index contributed by atoms with van der Waals surface area (Å²) in [5.74, 6) is -0.00246. The first-order valence-corrected chi connectivity index (χ1v) is 7.98. The van der Waals surface area contributed by atoms with Crippen LogP contribution >= 0.6 is 11.6 Å². The second kappa shape index (κ2) is 7.85. The molecule has 1 N–H and O–H groups in total. The van der Waals surface area contributed by atoms with Gasteiger partial charge in [0.25, 0.3) is 5.91 Å². The van der Waals surface area contributed by atoms with Gasteiger partial charge in [0, 0.05) is 24.4 Å². The molecule has 1 amide bonds. The first-order chi connectivity index (χ1) is 12.1. The SMILES string of the molecule is O=C(COC(=O)c1cccnc1Cl)Nc1ccc2c(c1)OCCCO2. The zero-order valence-electron chi connectivity index (χ0n) is 13.2. The van der Waals surface area contributed by atoms with Crippen LogP contribution in [0.25, 0.3) is 0 Å². The van der Waals surface area contributed by atoms with E-state index >= 15 is 0 Å². The third kappa shape index (κ3) is 4.39. The number of carbonyl (C=O) groups excluding carboxylic acids is 2. The van der Waals surface area contributed by atoms with Gasteiger partial charge in [0.2, 0.25) is 0 Å². The van der Waals surface area contributed by atoms with E-state index in [1.165, 1.54) is 12.3 Å². The number of hydrogen-bond acceptors (Lipinski definition) is 6. The molecule has 0 saturated heterocycles. The van der Waals surface area contributed by atoms with Crippen LogP contribution in [0.2, 0.25) is 5.15 Å². The summed E-state index contributed by atoms with van der Waals surface area (Å²) in [5, 5.41) is 2.66.